The van der Waals surface area contributed by atoms with Gasteiger partial charge >= 0.3 is 0 Å². The third kappa shape index (κ3) is 3.99. The van der Waals surface area contributed by atoms with Crippen LogP contribution in [0.25, 0.3) is 11.4 Å². The van der Waals surface area contributed by atoms with Crippen LogP contribution in [-0.2, 0) is 6.42 Å². The van der Waals surface area contributed by atoms with Gasteiger partial charge in [-0.1, -0.05) is 36.5 Å². The fourth-order valence-corrected chi connectivity index (χ4v) is 3.05. The highest BCUT2D eigenvalue weighted by Gasteiger charge is 2.14. The number of aromatic nitrogens is 2. The summed E-state index contributed by atoms with van der Waals surface area (Å²) < 4.78 is 1.07. The van der Waals surface area contributed by atoms with Gasteiger partial charge in [0.1, 0.15) is 5.82 Å². The van der Waals surface area contributed by atoms with Gasteiger partial charge in [-0.2, -0.15) is 0 Å². The molecule has 112 valence electrons. The van der Waals surface area contributed by atoms with Crippen molar-refractivity contribution in [2.24, 2.45) is 0 Å². The molecule has 3 nitrogen and oxygen atoms in total. The minimum atomic E-state index is 0.602. The molecule has 0 amide bonds. The van der Waals surface area contributed by atoms with E-state index >= 15 is 0 Å². The smallest absolute Gasteiger partial charge is 0.163 e. The number of nitrogens with zero attached hydrogens (tertiary/aromatic N) is 2. The van der Waals surface area contributed by atoms with Crippen LogP contribution in [0.3, 0.4) is 0 Å². The van der Waals surface area contributed by atoms with Crippen molar-refractivity contribution in [3.8, 4) is 11.4 Å². The first-order valence-electron chi connectivity index (χ1n) is 6.82. The number of hydrogen-bond acceptors (Lipinski definition) is 3. The average molecular weight is 436 g/mol. The van der Waals surface area contributed by atoms with Gasteiger partial charge in [0.2, 0.25) is 0 Å². The molecule has 0 fully saturated rings. The van der Waals surface area contributed by atoms with Gasteiger partial charge in [-0.25, -0.2) is 9.97 Å². The van der Waals surface area contributed by atoms with E-state index in [0.717, 1.165) is 40.0 Å². The van der Waals surface area contributed by atoms with Gasteiger partial charge in [0, 0.05) is 17.1 Å². The summed E-state index contributed by atoms with van der Waals surface area (Å²) in [5.41, 5.74) is 1.80. The minimum Gasteiger partial charge on any atom is -0.369 e. The Balaban J connectivity index is 2.59. The maximum absolute atomic E-state index is 6.27. The van der Waals surface area contributed by atoms with Crippen LogP contribution in [0.4, 0.5) is 5.82 Å². The largest absolute Gasteiger partial charge is 0.369 e. The highest BCUT2D eigenvalue weighted by molar-refractivity contribution is 14.1. The van der Waals surface area contributed by atoms with Crippen molar-refractivity contribution in [3.63, 3.8) is 0 Å². The van der Waals surface area contributed by atoms with Crippen LogP contribution in [-0.4, -0.2) is 16.5 Å². The molecule has 1 N–H and O–H groups in total. The van der Waals surface area contributed by atoms with Crippen LogP contribution in [0.15, 0.2) is 18.2 Å². The Morgan fingerprint density at radius 3 is 2.62 bits per heavy atom. The van der Waals surface area contributed by atoms with Crippen molar-refractivity contribution in [2.45, 2.75) is 26.7 Å². The zero-order valence-corrected chi connectivity index (χ0v) is 15.6. The van der Waals surface area contributed by atoms with E-state index < -0.39 is 0 Å². The van der Waals surface area contributed by atoms with Crippen LogP contribution < -0.4 is 5.32 Å². The van der Waals surface area contributed by atoms with Crippen molar-refractivity contribution in [2.75, 3.05) is 11.9 Å². The van der Waals surface area contributed by atoms with Crippen LogP contribution in [0, 0.1) is 3.57 Å². The minimum absolute atomic E-state index is 0.602. The first kappa shape index (κ1) is 16.8. The highest BCUT2D eigenvalue weighted by Crippen LogP contribution is 2.31. The zero-order valence-electron chi connectivity index (χ0n) is 11.9. The van der Waals surface area contributed by atoms with Gasteiger partial charge in [-0.05, 0) is 54.1 Å². The Labute approximate surface area is 148 Å². The molecule has 0 aliphatic heterocycles. The third-order valence-corrected chi connectivity index (χ3v) is 4.62. The maximum Gasteiger partial charge on any atom is 0.163 e. The maximum atomic E-state index is 6.27. The second kappa shape index (κ2) is 7.61. The van der Waals surface area contributed by atoms with E-state index in [4.69, 9.17) is 23.2 Å². The molecule has 0 unspecified atom stereocenters. The normalized spacial score (nSPS) is 10.7. The Bertz CT molecular complexity index is 620. The lowest BCUT2D eigenvalue weighted by molar-refractivity contribution is 0.867. The molecule has 1 aromatic carbocycles. The van der Waals surface area contributed by atoms with E-state index in [1.165, 1.54) is 0 Å². The molecule has 2 aromatic rings. The number of rotatable bonds is 5. The summed E-state index contributed by atoms with van der Waals surface area (Å²) in [5.74, 6) is 1.46. The first-order valence-corrected chi connectivity index (χ1v) is 8.66. The second-order valence-electron chi connectivity index (χ2n) is 4.56. The van der Waals surface area contributed by atoms with Gasteiger partial charge < -0.3 is 5.32 Å². The van der Waals surface area contributed by atoms with Crippen molar-refractivity contribution in [1.29, 1.82) is 0 Å². The fourth-order valence-electron chi connectivity index (χ4n) is 1.97. The van der Waals surface area contributed by atoms with Crippen molar-refractivity contribution >= 4 is 51.6 Å². The molecule has 1 aromatic heterocycles. The van der Waals surface area contributed by atoms with E-state index in [2.05, 4.69) is 44.8 Å². The van der Waals surface area contributed by atoms with E-state index in [1.807, 2.05) is 6.92 Å². The summed E-state index contributed by atoms with van der Waals surface area (Å²) >= 11 is 14.6. The van der Waals surface area contributed by atoms with Crippen molar-refractivity contribution in [3.05, 3.63) is 37.5 Å². The standard InChI is InChI=1S/C15H16Cl2IN3/c1-3-5-12-13(18)15(19-4-2)21-14(20-12)10-8-9(16)6-7-11(10)17/h6-8H,3-5H2,1-2H3,(H,19,20,21). The van der Waals surface area contributed by atoms with Gasteiger partial charge in [0.15, 0.2) is 5.82 Å². The molecule has 0 spiro atoms. The van der Waals surface area contributed by atoms with Gasteiger partial charge in [0.25, 0.3) is 0 Å². The fraction of sp³-hybridized carbons (Fsp3) is 0.333. The predicted octanol–water partition coefficient (Wildman–Crippen LogP) is 5.44. The van der Waals surface area contributed by atoms with Gasteiger partial charge in [-0.15, -0.1) is 0 Å². The number of hydrogen-bond donors (Lipinski definition) is 1. The molecule has 0 bridgehead atoms. The van der Waals surface area contributed by atoms with Crippen LogP contribution in [0.5, 0.6) is 0 Å². The van der Waals surface area contributed by atoms with Crippen LogP contribution in [0.2, 0.25) is 10.0 Å². The number of halogens is 3. The summed E-state index contributed by atoms with van der Waals surface area (Å²) in [7, 11) is 0. The number of nitrogens with one attached hydrogen (secondary N) is 1. The second-order valence-corrected chi connectivity index (χ2v) is 6.48. The summed E-state index contributed by atoms with van der Waals surface area (Å²) in [6.45, 7) is 4.99. The topological polar surface area (TPSA) is 37.8 Å². The summed E-state index contributed by atoms with van der Waals surface area (Å²) in [5, 5.41) is 4.51. The molecule has 21 heavy (non-hydrogen) atoms. The Morgan fingerprint density at radius 2 is 1.95 bits per heavy atom. The third-order valence-electron chi connectivity index (χ3n) is 2.92. The van der Waals surface area contributed by atoms with Crippen molar-refractivity contribution < 1.29 is 0 Å². The average Bonchev–Trinajstić information content (AvgIpc) is 2.46. The molecule has 1 heterocycles. The van der Waals surface area contributed by atoms with Crippen molar-refractivity contribution in [1.82, 2.24) is 9.97 Å². The Hall–Kier alpha value is -0.590. The molecule has 0 radical (unpaired) electrons. The molecular formula is C15H16Cl2IN3. The first-order chi connectivity index (χ1) is 10.1. The molecule has 6 heteroatoms. The summed E-state index contributed by atoms with van der Waals surface area (Å²) in [4.78, 5) is 9.28. The van der Waals surface area contributed by atoms with Gasteiger partial charge in [0.05, 0.1) is 14.3 Å². The van der Waals surface area contributed by atoms with E-state index in [0.29, 0.717) is 15.9 Å². The zero-order chi connectivity index (χ0) is 15.4. The Morgan fingerprint density at radius 1 is 1.19 bits per heavy atom. The molecule has 0 saturated carbocycles. The van der Waals surface area contributed by atoms with Crippen LogP contribution in [0.1, 0.15) is 26.0 Å². The van der Waals surface area contributed by atoms with E-state index in [9.17, 15) is 0 Å². The monoisotopic (exact) mass is 435 g/mol. The predicted molar refractivity (Wildman–Crippen MR) is 98.4 cm³/mol. The number of benzene rings is 1. The van der Waals surface area contributed by atoms with Gasteiger partial charge in [-0.3, -0.25) is 0 Å². The van der Waals surface area contributed by atoms with E-state index in [1.54, 1.807) is 18.2 Å². The quantitative estimate of drug-likeness (QED) is 0.635. The molecule has 0 saturated heterocycles. The Kier molecular flexibility index (Phi) is 6.08. The molecule has 0 aliphatic carbocycles. The lowest BCUT2D eigenvalue weighted by Crippen LogP contribution is -2.08. The number of anilines is 1. The summed E-state index contributed by atoms with van der Waals surface area (Å²) in [6.07, 6.45) is 1.94. The highest BCUT2D eigenvalue weighted by atomic mass is 127. The summed E-state index contributed by atoms with van der Waals surface area (Å²) in [6, 6.07) is 5.34. The molecule has 0 atom stereocenters. The SMILES string of the molecule is CCCc1nc(-c2cc(Cl)ccc2Cl)nc(NCC)c1I. The van der Waals surface area contributed by atoms with E-state index in [-0.39, 0.29) is 0 Å². The molecule has 0 aliphatic rings. The van der Waals surface area contributed by atoms with Crippen LogP contribution >= 0.6 is 45.8 Å². The molecule has 2 rings (SSSR count). The number of aryl methyl sites for hydroxylation is 1. The molecular weight excluding hydrogens is 420 g/mol. The lowest BCUT2D eigenvalue weighted by atomic mass is 10.2. The lowest BCUT2D eigenvalue weighted by Gasteiger charge is -2.13.